The highest BCUT2D eigenvalue weighted by Gasteiger charge is 2.12. The SMILES string of the molecule is CCn1c(Cc2ccc(OC)cc2)nnc1SCc1ccc(Br)cc1. The van der Waals surface area contributed by atoms with Gasteiger partial charge < -0.3 is 9.30 Å². The summed E-state index contributed by atoms with van der Waals surface area (Å²) in [6.45, 7) is 2.99. The van der Waals surface area contributed by atoms with Crippen molar-refractivity contribution < 1.29 is 4.74 Å². The maximum Gasteiger partial charge on any atom is 0.191 e. The van der Waals surface area contributed by atoms with Gasteiger partial charge in [-0.2, -0.15) is 0 Å². The van der Waals surface area contributed by atoms with E-state index < -0.39 is 0 Å². The molecule has 0 unspecified atom stereocenters. The van der Waals surface area contributed by atoms with E-state index in [0.29, 0.717) is 0 Å². The van der Waals surface area contributed by atoms with Gasteiger partial charge in [0, 0.05) is 23.2 Å². The number of aromatic nitrogens is 3. The monoisotopic (exact) mass is 417 g/mol. The summed E-state index contributed by atoms with van der Waals surface area (Å²) in [6, 6.07) is 16.5. The van der Waals surface area contributed by atoms with Crippen molar-refractivity contribution >= 4 is 27.7 Å². The average molecular weight is 418 g/mol. The first-order valence-electron chi connectivity index (χ1n) is 8.12. The third kappa shape index (κ3) is 4.64. The predicted molar refractivity (Wildman–Crippen MR) is 105 cm³/mol. The summed E-state index contributed by atoms with van der Waals surface area (Å²) in [6.07, 6.45) is 0.768. The number of hydrogen-bond donors (Lipinski definition) is 0. The molecule has 0 spiro atoms. The van der Waals surface area contributed by atoms with Crippen LogP contribution in [-0.4, -0.2) is 21.9 Å². The topological polar surface area (TPSA) is 39.9 Å². The van der Waals surface area contributed by atoms with Crippen molar-refractivity contribution in [1.82, 2.24) is 14.8 Å². The second-order valence-corrected chi connectivity index (χ2v) is 7.44. The Morgan fingerprint density at radius 2 is 1.68 bits per heavy atom. The van der Waals surface area contributed by atoms with Crippen molar-refractivity contribution in [3.8, 4) is 5.75 Å². The Hall–Kier alpha value is -1.79. The van der Waals surface area contributed by atoms with Gasteiger partial charge in [-0.3, -0.25) is 0 Å². The molecule has 0 aliphatic rings. The third-order valence-corrected chi connectivity index (χ3v) is 5.48. The van der Waals surface area contributed by atoms with Crippen molar-refractivity contribution in [1.29, 1.82) is 0 Å². The summed E-state index contributed by atoms with van der Waals surface area (Å²) in [5, 5.41) is 9.76. The van der Waals surface area contributed by atoms with E-state index >= 15 is 0 Å². The van der Waals surface area contributed by atoms with Gasteiger partial charge in [-0.15, -0.1) is 10.2 Å². The van der Waals surface area contributed by atoms with E-state index in [9.17, 15) is 0 Å². The molecule has 0 aliphatic heterocycles. The van der Waals surface area contributed by atoms with Crippen LogP contribution in [0.5, 0.6) is 5.75 Å². The van der Waals surface area contributed by atoms with Crippen LogP contribution in [0.1, 0.15) is 23.9 Å². The maximum absolute atomic E-state index is 5.21. The number of thioether (sulfide) groups is 1. The zero-order chi connectivity index (χ0) is 17.6. The van der Waals surface area contributed by atoms with Crippen LogP contribution in [0.25, 0.3) is 0 Å². The lowest BCUT2D eigenvalue weighted by Gasteiger charge is -2.08. The third-order valence-electron chi connectivity index (χ3n) is 3.91. The summed E-state index contributed by atoms with van der Waals surface area (Å²) in [7, 11) is 1.68. The number of hydrogen-bond acceptors (Lipinski definition) is 4. The smallest absolute Gasteiger partial charge is 0.191 e. The molecule has 0 radical (unpaired) electrons. The fraction of sp³-hybridized carbons (Fsp3) is 0.263. The minimum Gasteiger partial charge on any atom is -0.497 e. The van der Waals surface area contributed by atoms with Gasteiger partial charge in [0.25, 0.3) is 0 Å². The predicted octanol–water partition coefficient (Wildman–Crippen LogP) is 4.95. The number of methoxy groups -OCH3 is 1. The Balaban J connectivity index is 1.70. The lowest BCUT2D eigenvalue weighted by Crippen LogP contribution is -2.04. The first kappa shape index (κ1) is 18.0. The fourth-order valence-corrected chi connectivity index (χ4v) is 3.77. The quantitative estimate of drug-likeness (QED) is 0.509. The van der Waals surface area contributed by atoms with Crippen molar-refractivity contribution in [2.24, 2.45) is 0 Å². The van der Waals surface area contributed by atoms with Crippen molar-refractivity contribution in [2.45, 2.75) is 30.8 Å². The molecule has 0 bridgehead atoms. The van der Waals surface area contributed by atoms with E-state index in [4.69, 9.17) is 4.74 Å². The molecule has 0 N–H and O–H groups in total. The summed E-state index contributed by atoms with van der Waals surface area (Å²) in [5.41, 5.74) is 2.47. The normalized spacial score (nSPS) is 10.8. The van der Waals surface area contributed by atoms with Gasteiger partial charge in [-0.05, 0) is 42.3 Å². The highest BCUT2D eigenvalue weighted by atomic mass is 79.9. The molecule has 25 heavy (non-hydrogen) atoms. The number of ether oxygens (including phenoxy) is 1. The molecule has 130 valence electrons. The summed E-state index contributed by atoms with van der Waals surface area (Å²) >= 11 is 5.19. The van der Waals surface area contributed by atoms with E-state index in [1.807, 2.05) is 12.1 Å². The van der Waals surface area contributed by atoms with Crippen LogP contribution in [-0.2, 0) is 18.7 Å². The maximum atomic E-state index is 5.21. The highest BCUT2D eigenvalue weighted by molar-refractivity contribution is 9.10. The second kappa shape index (κ2) is 8.54. The first-order valence-corrected chi connectivity index (χ1v) is 9.89. The molecule has 0 saturated carbocycles. The van der Waals surface area contributed by atoms with Crippen LogP contribution in [0.2, 0.25) is 0 Å². The molecule has 0 aliphatic carbocycles. The Labute approximate surface area is 160 Å². The van der Waals surface area contributed by atoms with E-state index in [1.165, 1.54) is 11.1 Å². The summed E-state index contributed by atoms with van der Waals surface area (Å²) in [5.74, 6) is 2.74. The van der Waals surface area contributed by atoms with Crippen LogP contribution in [0.15, 0.2) is 58.2 Å². The molecule has 4 nitrogen and oxygen atoms in total. The summed E-state index contributed by atoms with van der Waals surface area (Å²) in [4.78, 5) is 0. The van der Waals surface area contributed by atoms with Gasteiger partial charge in [0.2, 0.25) is 0 Å². The van der Waals surface area contributed by atoms with E-state index in [0.717, 1.165) is 39.9 Å². The highest BCUT2D eigenvalue weighted by Crippen LogP contribution is 2.24. The lowest BCUT2D eigenvalue weighted by molar-refractivity contribution is 0.414. The molecule has 0 fully saturated rings. The van der Waals surface area contributed by atoms with Gasteiger partial charge >= 0.3 is 0 Å². The fourth-order valence-electron chi connectivity index (χ4n) is 2.53. The van der Waals surface area contributed by atoms with Crippen LogP contribution >= 0.6 is 27.7 Å². The van der Waals surface area contributed by atoms with Gasteiger partial charge in [-0.25, -0.2) is 0 Å². The van der Waals surface area contributed by atoms with E-state index in [2.05, 4.69) is 74.0 Å². The van der Waals surface area contributed by atoms with Gasteiger partial charge in [-0.1, -0.05) is 52.0 Å². The molecule has 0 amide bonds. The zero-order valence-corrected chi connectivity index (χ0v) is 16.7. The summed E-state index contributed by atoms with van der Waals surface area (Å²) < 4.78 is 8.50. The molecular weight excluding hydrogens is 398 g/mol. The van der Waals surface area contributed by atoms with E-state index in [-0.39, 0.29) is 0 Å². The minimum absolute atomic E-state index is 0.768. The molecule has 1 aromatic heterocycles. The van der Waals surface area contributed by atoms with Crippen LogP contribution in [0.4, 0.5) is 0 Å². The Kier molecular flexibility index (Phi) is 6.15. The van der Waals surface area contributed by atoms with Crippen molar-refractivity contribution in [3.05, 3.63) is 70.0 Å². The molecule has 3 rings (SSSR count). The Morgan fingerprint density at radius 1 is 1.00 bits per heavy atom. The molecule has 6 heteroatoms. The zero-order valence-electron chi connectivity index (χ0n) is 14.3. The van der Waals surface area contributed by atoms with Crippen LogP contribution in [0.3, 0.4) is 0 Å². The van der Waals surface area contributed by atoms with Gasteiger partial charge in [0.05, 0.1) is 7.11 Å². The van der Waals surface area contributed by atoms with Gasteiger partial charge in [0.15, 0.2) is 5.16 Å². The standard InChI is InChI=1S/C19H20BrN3OS/c1-3-23-18(12-14-6-10-17(24-2)11-7-14)21-22-19(23)25-13-15-4-8-16(20)9-5-15/h4-11H,3,12-13H2,1-2H3. The number of halogens is 1. The van der Waals surface area contributed by atoms with Crippen LogP contribution < -0.4 is 4.74 Å². The molecule has 0 atom stereocenters. The number of nitrogens with zero attached hydrogens (tertiary/aromatic N) is 3. The molecule has 0 saturated heterocycles. The van der Waals surface area contributed by atoms with Crippen molar-refractivity contribution in [2.75, 3.05) is 7.11 Å². The molecule has 3 aromatic rings. The van der Waals surface area contributed by atoms with Crippen molar-refractivity contribution in [3.63, 3.8) is 0 Å². The average Bonchev–Trinajstić information content (AvgIpc) is 3.03. The molecular formula is C19H20BrN3OS. The number of benzene rings is 2. The molecule has 2 aromatic carbocycles. The Bertz CT molecular complexity index is 816. The largest absolute Gasteiger partial charge is 0.497 e. The minimum atomic E-state index is 0.768. The van der Waals surface area contributed by atoms with Gasteiger partial charge in [0.1, 0.15) is 11.6 Å². The number of rotatable bonds is 7. The van der Waals surface area contributed by atoms with E-state index in [1.54, 1.807) is 18.9 Å². The molecule has 1 heterocycles. The Morgan fingerprint density at radius 3 is 2.32 bits per heavy atom. The lowest BCUT2D eigenvalue weighted by atomic mass is 10.1. The van der Waals surface area contributed by atoms with Crippen LogP contribution in [0, 0.1) is 0 Å². The first-order chi connectivity index (χ1) is 12.2. The second-order valence-electron chi connectivity index (χ2n) is 5.58.